The van der Waals surface area contributed by atoms with E-state index in [0.29, 0.717) is 0 Å². The molecule has 2 aliphatic rings. The van der Waals surface area contributed by atoms with Crippen molar-refractivity contribution in [2.24, 2.45) is 0 Å². The van der Waals surface area contributed by atoms with Crippen LogP contribution >= 0.6 is 9.19 Å². The number of benzene rings is 2. The van der Waals surface area contributed by atoms with Crippen molar-refractivity contribution in [2.75, 3.05) is 35.5 Å². The topological polar surface area (TPSA) is 9.72 Å². The van der Waals surface area contributed by atoms with Gasteiger partial charge in [-0.2, -0.15) is 0 Å². The molecule has 0 spiro atoms. The number of hydrogen-bond acceptors (Lipinski definition) is 3. The van der Waals surface area contributed by atoms with E-state index in [-0.39, 0.29) is 24.2 Å². The first-order valence-electron chi connectivity index (χ1n) is 9.09. The number of halogens is 1. The van der Waals surface area contributed by atoms with Crippen LogP contribution in [0.1, 0.15) is 22.3 Å². The average Bonchev–Trinajstić information content (AvgIpc) is 2.98. The summed E-state index contributed by atoms with van der Waals surface area (Å²) >= 11 is 0.232. The van der Waals surface area contributed by atoms with Crippen LogP contribution in [0.5, 0.6) is 0 Å². The molecule has 2 heterocycles. The summed E-state index contributed by atoms with van der Waals surface area (Å²) in [6, 6.07) is 11.3. The molecule has 1 saturated heterocycles. The summed E-state index contributed by atoms with van der Waals surface area (Å²) in [5.41, 5.74) is 9.05. The molecule has 27 heavy (non-hydrogen) atoms. The molecule has 148 valence electrons. The summed E-state index contributed by atoms with van der Waals surface area (Å²) in [6.07, 6.45) is 4.55. The first-order valence-corrected chi connectivity index (χ1v) is 11.7. The Kier molecular flexibility index (Phi) is 4.98. The first-order chi connectivity index (χ1) is 12.9. The number of nitrogens with zero attached hydrogens (tertiary/aromatic N) is 3. The van der Waals surface area contributed by atoms with E-state index in [1.165, 1.54) is 43.2 Å². The number of anilines is 3. The molecule has 1 fully saturated rings. The van der Waals surface area contributed by atoms with Crippen molar-refractivity contribution >= 4 is 36.2 Å². The van der Waals surface area contributed by atoms with Crippen molar-refractivity contribution in [1.29, 1.82) is 0 Å². The summed E-state index contributed by atoms with van der Waals surface area (Å²) in [4.78, 5) is 7.13. The standard InChI is InChI=1S/C22H25N3.Ag.ClH/c1-15-11-16(2)21(17(3)12-15)24-13-19-10-9-18-7-6-8-20(23(4)5)22(18)25(19)14-24;;/h6-12,19H,14H2,1-5H3;;1H/q;-1;/p-1. The third kappa shape index (κ3) is 3.07. The van der Waals surface area contributed by atoms with Crippen molar-refractivity contribution in [3.63, 3.8) is 0 Å². The second kappa shape index (κ2) is 7.14. The fourth-order valence-electron chi connectivity index (χ4n) is 4.35. The van der Waals surface area contributed by atoms with Crippen molar-refractivity contribution < 1.29 is 18.2 Å². The fraction of sp³-hybridized carbons (Fsp3) is 0.318. The van der Waals surface area contributed by atoms with Crippen LogP contribution in [-0.2, 0) is 18.2 Å². The van der Waals surface area contributed by atoms with E-state index in [1.807, 2.05) is 0 Å². The van der Waals surface area contributed by atoms with Gasteiger partial charge in [-0.3, -0.25) is 0 Å². The van der Waals surface area contributed by atoms with Crippen LogP contribution in [0.25, 0.3) is 6.08 Å². The number of para-hydroxylation sites is 1. The van der Waals surface area contributed by atoms with E-state index in [2.05, 4.69) is 92.1 Å². The Morgan fingerprint density at radius 1 is 1.07 bits per heavy atom. The molecule has 0 aromatic heterocycles. The van der Waals surface area contributed by atoms with Gasteiger partial charge in [-0.05, 0) is 0 Å². The summed E-state index contributed by atoms with van der Waals surface area (Å²) < 4.78 is 1.28. The predicted octanol–water partition coefficient (Wildman–Crippen LogP) is 4.72. The molecule has 0 bridgehead atoms. The zero-order chi connectivity index (χ0) is 19.3. The molecule has 1 unspecified atom stereocenters. The zero-order valence-electron chi connectivity index (χ0n) is 16.3. The predicted molar refractivity (Wildman–Crippen MR) is 115 cm³/mol. The molecule has 4 rings (SSSR count). The first kappa shape index (κ1) is 18.8. The van der Waals surface area contributed by atoms with E-state index < -0.39 is 0 Å². The van der Waals surface area contributed by atoms with Gasteiger partial charge in [0, 0.05) is 0 Å². The van der Waals surface area contributed by atoms with Crippen molar-refractivity contribution in [3.8, 4) is 0 Å². The summed E-state index contributed by atoms with van der Waals surface area (Å²) in [5.74, 6) is 0. The van der Waals surface area contributed by atoms with Gasteiger partial charge in [-0.15, -0.1) is 0 Å². The van der Waals surface area contributed by atoms with E-state index in [4.69, 9.17) is 9.19 Å². The molecule has 2 aromatic rings. The molecule has 5 heteroatoms. The zero-order valence-corrected chi connectivity index (χ0v) is 18.6. The molecule has 2 aliphatic heterocycles. The number of fused-ring (bicyclic) bond motifs is 3. The minimum absolute atomic E-state index is 0.218. The third-order valence-corrected chi connectivity index (χ3v) is 7.14. The van der Waals surface area contributed by atoms with Gasteiger partial charge in [0.15, 0.2) is 0 Å². The average molecular weight is 475 g/mol. The summed E-state index contributed by atoms with van der Waals surface area (Å²) in [6.45, 7) is 7.40. The van der Waals surface area contributed by atoms with Gasteiger partial charge in [0.1, 0.15) is 0 Å². The van der Waals surface area contributed by atoms with Crippen LogP contribution in [0, 0.1) is 20.8 Å². The maximum absolute atomic E-state index is 6.52. The second-order valence-corrected chi connectivity index (χ2v) is 9.25. The van der Waals surface area contributed by atoms with E-state index in [1.54, 1.807) is 0 Å². The normalized spacial score (nSPS) is 20.1. The molecule has 0 amide bonds. The quantitative estimate of drug-likeness (QED) is 0.583. The Morgan fingerprint density at radius 3 is 2.41 bits per heavy atom. The number of aryl methyl sites for hydroxylation is 3. The van der Waals surface area contributed by atoms with Crippen molar-refractivity contribution in [3.05, 3.63) is 58.7 Å². The molecule has 0 radical (unpaired) electrons. The van der Waals surface area contributed by atoms with Crippen LogP contribution < -0.4 is 14.7 Å². The molecule has 2 aromatic carbocycles. The van der Waals surface area contributed by atoms with Gasteiger partial charge in [0.25, 0.3) is 0 Å². The Labute approximate surface area is 174 Å². The maximum atomic E-state index is 6.52. The van der Waals surface area contributed by atoms with Crippen LogP contribution in [0.4, 0.5) is 17.1 Å². The molecule has 0 N–H and O–H groups in total. The number of rotatable bonds is 2. The minimum atomic E-state index is 0.218. The second-order valence-electron chi connectivity index (χ2n) is 7.54. The molecule has 1 atom stereocenters. The van der Waals surface area contributed by atoms with Crippen LogP contribution in [-0.4, -0.2) is 30.7 Å². The van der Waals surface area contributed by atoms with Gasteiger partial charge >= 0.3 is 175 Å². The Bertz CT molecular complexity index is 941. The van der Waals surface area contributed by atoms with Crippen LogP contribution in [0.3, 0.4) is 0 Å². The SMILES string of the molecule is Cc1cc(C)c(N2CN3c4c(cccc4N(C)C)C=CC3[C]2=[Ag-2][Cl])c(C)c1. The van der Waals surface area contributed by atoms with Gasteiger partial charge in [0.05, 0.1) is 0 Å². The Balaban J connectivity index is 1.85. The fourth-order valence-corrected chi connectivity index (χ4v) is 6.07. The van der Waals surface area contributed by atoms with Crippen molar-refractivity contribution in [1.82, 2.24) is 0 Å². The molecule has 0 saturated carbocycles. The van der Waals surface area contributed by atoms with Gasteiger partial charge in [-0.25, -0.2) is 0 Å². The summed E-state index contributed by atoms with van der Waals surface area (Å²) in [7, 11) is 10.7. The van der Waals surface area contributed by atoms with Gasteiger partial charge in [-0.1, -0.05) is 0 Å². The summed E-state index contributed by atoms with van der Waals surface area (Å²) in [5, 5.41) is 0. The third-order valence-electron chi connectivity index (χ3n) is 5.32. The molecule has 3 nitrogen and oxygen atoms in total. The van der Waals surface area contributed by atoms with E-state index in [0.717, 1.165) is 6.67 Å². The monoisotopic (exact) mass is 473 g/mol. The molecular weight excluding hydrogens is 450 g/mol. The molecule has 0 aliphatic carbocycles. The van der Waals surface area contributed by atoms with Gasteiger partial charge < -0.3 is 0 Å². The van der Waals surface area contributed by atoms with E-state index >= 15 is 0 Å². The van der Waals surface area contributed by atoms with E-state index in [9.17, 15) is 0 Å². The van der Waals surface area contributed by atoms with Crippen LogP contribution in [0.2, 0.25) is 0 Å². The van der Waals surface area contributed by atoms with Crippen LogP contribution in [0.15, 0.2) is 36.4 Å². The number of hydrogen-bond donors (Lipinski definition) is 0. The van der Waals surface area contributed by atoms with Gasteiger partial charge in [0.2, 0.25) is 0 Å². The Hall–Kier alpha value is -1.52. The Morgan fingerprint density at radius 2 is 1.78 bits per heavy atom. The van der Waals surface area contributed by atoms with Crippen molar-refractivity contribution in [2.45, 2.75) is 26.8 Å². The molecular formula is C22H25AgClN3-2.